The first-order valence-electron chi connectivity index (χ1n) is 9.59. The van der Waals surface area contributed by atoms with Crippen LogP contribution in [0.5, 0.6) is 0 Å². The van der Waals surface area contributed by atoms with Gasteiger partial charge in [0.1, 0.15) is 4.90 Å². The number of piperidine rings is 1. The second-order valence-corrected chi connectivity index (χ2v) is 9.28. The molecule has 0 saturated carbocycles. The summed E-state index contributed by atoms with van der Waals surface area (Å²) in [5.74, 6) is -0.476. The maximum absolute atomic E-state index is 13.0. The van der Waals surface area contributed by atoms with Crippen LogP contribution in [0.1, 0.15) is 44.1 Å². The van der Waals surface area contributed by atoms with Gasteiger partial charge >= 0.3 is 0 Å². The largest absolute Gasteiger partial charge is 0.326 e. The van der Waals surface area contributed by atoms with Gasteiger partial charge in [0.25, 0.3) is 0 Å². The first kappa shape index (κ1) is 20.8. The molecule has 1 atom stereocenters. The van der Waals surface area contributed by atoms with Gasteiger partial charge in [-0.15, -0.1) is 0 Å². The molecule has 5 nitrogen and oxygen atoms in total. The normalized spacial score (nSPS) is 16.5. The summed E-state index contributed by atoms with van der Waals surface area (Å²) in [6.07, 6.45) is 3.38. The topological polar surface area (TPSA) is 66.5 Å². The van der Waals surface area contributed by atoms with Gasteiger partial charge in [0.05, 0.1) is 10.9 Å². The molecule has 0 radical (unpaired) electrons. The molecule has 2 aromatic carbocycles. The van der Waals surface area contributed by atoms with Crippen molar-refractivity contribution in [3.63, 3.8) is 0 Å². The Kier molecular flexibility index (Phi) is 6.75. The first-order chi connectivity index (χ1) is 13.4. The first-order valence-corrected chi connectivity index (χ1v) is 11.4. The van der Waals surface area contributed by atoms with Crippen molar-refractivity contribution in [3.8, 4) is 0 Å². The van der Waals surface area contributed by atoms with Gasteiger partial charge in [0, 0.05) is 18.8 Å². The highest BCUT2D eigenvalue weighted by atomic mass is 35.5. The van der Waals surface area contributed by atoms with Gasteiger partial charge in [0.2, 0.25) is 15.9 Å². The van der Waals surface area contributed by atoms with Crippen molar-refractivity contribution in [2.45, 2.75) is 43.4 Å². The summed E-state index contributed by atoms with van der Waals surface area (Å²) in [6.45, 7) is 2.95. The molecule has 2 aromatic rings. The van der Waals surface area contributed by atoms with Crippen molar-refractivity contribution < 1.29 is 13.2 Å². The Bertz CT molecular complexity index is 926. The molecular formula is C21H25ClN2O3S. The van der Waals surface area contributed by atoms with Crippen LogP contribution in [-0.2, 0) is 14.8 Å². The van der Waals surface area contributed by atoms with E-state index in [0.717, 1.165) is 24.8 Å². The minimum absolute atomic E-state index is 0.0432. The van der Waals surface area contributed by atoms with Crippen molar-refractivity contribution in [2.75, 3.05) is 18.4 Å². The van der Waals surface area contributed by atoms with Gasteiger partial charge in [-0.25, -0.2) is 8.42 Å². The zero-order valence-electron chi connectivity index (χ0n) is 15.9. The lowest BCUT2D eigenvalue weighted by Gasteiger charge is -2.26. The van der Waals surface area contributed by atoms with Crippen LogP contribution in [0.4, 0.5) is 5.69 Å². The molecule has 7 heteroatoms. The number of amides is 1. The average Bonchev–Trinajstić information content (AvgIpc) is 2.71. The third kappa shape index (κ3) is 4.57. The van der Waals surface area contributed by atoms with Crippen LogP contribution in [-0.4, -0.2) is 31.7 Å². The number of hydrogen-bond acceptors (Lipinski definition) is 3. The molecule has 0 aromatic heterocycles. The predicted octanol–water partition coefficient (Wildman–Crippen LogP) is 4.65. The summed E-state index contributed by atoms with van der Waals surface area (Å²) in [5, 5.41) is 3.02. The molecule has 1 amide bonds. The molecule has 150 valence electrons. The zero-order valence-corrected chi connectivity index (χ0v) is 17.5. The van der Waals surface area contributed by atoms with E-state index in [2.05, 4.69) is 5.32 Å². The van der Waals surface area contributed by atoms with Crippen molar-refractivity contribution >= 4 is 33.2 Å². The second-order valence-electron chi connectivity index (χ2n) is 6.97. The van der Waals surface area contributed by atoms with Crippen LogP contribution in [0.15, 0.2) is 53.4 Å². The third-order valence-electron chi connectivity index (χ3n) is 5.06. The Morgan fingerprint density at radius 3 is 2.43 bits per heavy atom. The number of carbonyl (C=O) groups excluding carboxylic acids is 1. The maximum atomic E-state index is 13.0. The van der Waals surface area contributed by atoms with Crippen LogP contribution in [0.25, 0.3) is 0 Å². The lowest BCUT2D eigenvalue weighted by Crippen LogP contribution is -2.35. The van der Waals surface area contributed by atoms with Crippen LogP contribution in [0.2, 0.25) is 5.02 Å². The van der Waals surface area contributed by atoms with Gasteiger partial charge in [0.15, 0.2) is 0 Å². The number of rotatable bonds is 6. The summed E-state index contributed by atoms with van der Waals surface area (Å²) in [4.78, 5) is 12.8. The predicted molar refractivity (Wildman–Crippen MR) is 112 cm³/mol. The number of benzene rings is 2. The van der Waals surface area contributed by atoms with E-state index in [1.807, 2.05) is 37.3 Å². The van der Waals surface area contributed by atoms with E-state index in [-0.39, 0.29) is 21.7 Å². The number of nitrogens with zero attached hydrogens (tertiary/aromatic N) is 1. The molecule has 1 saturated heterocycles. The van der Waals surface area contributed by atoms with E-state index < -0.39 is 10.0 Å². The molecular weight excluding hydrogens is 396 g/mol. The number of hydrogen-bond donors (Lipinski definition) is 1. The van der Waals surface area contributed by atoms with Crippen molar-refractivity contribution in [1.29, 1.82) is 0 Å². The Morgan fingerprint density at radius 2 is 1.79 bits per heavy atom. The van der Waals surface area contributed by atoms with Crippen molar-refractivity contribution in [3.05, 3.63) is 59.1 Å². The SMILES string of the molecule is CCC(C(=O)Nc1ccc(Cl)c(S(=O)(=O)N2CCCCC2)c1)c1ccccc1. The summed E-state index contributed by atoms with van der Waals surface area (Å²) >= 11 is 6.20. The van der Waals surface area contributed by atoms with Crippen LogP contribution in [0.3, 0.4) is 0 Å². The maximum Gasteiger partial charge on any atom is 0.244 e. The zero-order chi connectivity index (χ0) is 20.1. The smallest absolute Gasteiger partial charge is 0.244 e. The molecule has 1 unspecified atom stereocenters. The molecule has 1 N–H and O–H groups in total. The van der Waals surface area contributed by atoms with Gasteiger partial charge in [-0.05, 0) is 43.0 Å². The fraction of sp³-hybridized carbons (Fsp3) is 0.381. The minimum atomic E-state index is -3.68. The molecule has 1 heterocycles. The molecule has 1 aliphatic rings. The van der Waals surface area contributed by atoms with E-state index in [0.29, 0.717) is 25.2 Å². The van der Waals surface area contributed by atoms with Gasteiger partial charge < -0.3 is 5.32 Å². The second kappa shape index (κ2) is 9.07. The number of anilines is 1. The average molecular weight is 421 g/mol. The summed E-state index contributed by atoms with van der Waals surface area (Å²) in [5.41, 5.74) is 1.36. The Balaban J connectivity index is 1.84. The Labute approximate surface area is 171 Å². The number of halogens is 1. The molecule has 1 fully saturated rings. The molecule has 0 aliphatic carbocycles. The quantitative estimate of drug-likeness (QED) is 0.739. The third-order valence-corrected chi connectivity index (χ3v) is 7.44. The highest BCUT2D eigenvalue weighted by Crippen LogP contribution is 2.30. The Hall–Kier alpha value is -1.89. The van der Waals surface area contributed by atoms with E-state index in [9.17, 15) is 13.2 Å². The summed E-state index contributed by atoms with van der Waals surface area (Å²) in [6, 6.07) is 14.2. The van der Waals surface area contributed by atoms with Gasteiger partial charge in [-0.2, -0.15) is 4.31 Å². The molecule has 0 bridgehead atoms. The Morgan fingerprint density at radius 1 is 1.11 bits per heavy atom. The molecule has 3 rings (SSSR count). The molecule has 0 spiro atoms. The van der Waals surface area contributed by atoms with Crippen LogP contribution < -0.4 is 5.32 Å². The van der Waals surface area contributed by atoms with Gasteiger partial charge in [-0.3, -0.25) is 4.79 Å². The highest BCUT2D eigenvalue weighted by molar-refractivity contribution is 7.89. The van der Waals surface area contributed by atoms with Gasteiger partial charge in [-0.1, -0.05) is 55.3 Å². The molecule has 1 aliphatic heterocycles. The van der Waals surface area contributed by atoms with E-state index in [1.54, 1.807) is 6.07 Å². The standard InChI is InChI=1S/C21H25ClN2O3S/c1-2-18(16-9-5-3-6-10-16)21(25)23-17-11-12-19(22)20(15-17)28(26,27)24-13-7-4-8-14-24/h3,5-6,9-12,15,18H,2,4,7-8,13-14H2,1H3,(H,23,25). The molecule has 28 heavy (non-hydrogen) atoms. The number of carbonyl (C=O) groups is 1. The van der Waals surface area contributed by atoms with Crippen molar-refractivity contribution in [1.82, 2.24) is 4.31 Å². The lowest BCUT2D eigenvalue weighted by atomic mass is 9.95. The lowest BCUT2D eigenvalue weighted by molar-refractivity contribution is -0.117. The number of sulfonamides is 1. The van der Waals surface area contributed by atoms with E-state index in [4.69, 9.17) is 11.6 Å². The van der Waals surface area contributed by atoms with E-state index >= 15 is 0 Å². The minimum Gasteiger partial charge on any atom is -0.326 e. The van der Waals surface area contributed by atoms with Crippen LogP contribution >= 0.6 is 11.6 Å². The number of nitrogens with one attached hydrogen (secondary N) is 1. The summed E-state index contributed by atoms with van der Waals surface area (Å²) in [7, 11) is -3.68. The monoisotopic (exact) mass is 420 g/mol. The van der Waals surface area contributed by atoms with E-state index in [1.165, 1.54) is 16.4 Å². The summed E-state index contributed by atoms with van der Waals surface area (Å²) < 4.78 is 27.4. The fourth-order valence-corrected chi connectivity index (χ4v) is 5.53. The fourth-order valence-electron chi connectivity index (χ4n) is 3.51. The highest BCUT2D eigenvalue weighted by Gasteiger charge is 2.28. The van der Waals surface area contributed by atoms with Crippen LogP contribution in [0, 0.1) is 0 Å². The van der Waals surface area contributed by atoms with Crippen molar-refractivity contribution in [2.24, 2.45) is 0 Å².